The first kappa shape index (κ1) is 9.01. The second-order valence-electron chi connectivity index (χ2n) is 4.05. The Balaban J connectivity index is 2.40. The third-order valence-electron chi connectivity index (χ3n) is 2.85. The van der Waals surface area contributed by atoms with Crippen molar-refractivity contribution in [1.82, 2.24) is 0 Å². The lowest BCUT2D eigenvalue weighted by atomic mass is 9.78. The van der Waals surface area contributed by atoms with Gasteiger partial charge < -0.3 is 10.8 Å². The molecule has 1 aliphatic carbocycles. The summed E-state index contributed by atoms with van der Waals surface area (Å²) in [4.78, 5) is 0. The molecule has 0 aromatic rings. The van der Waals surface area contributed by atoms with Crippen LogP contribution in [0.25, 0.3) is 0 Å². The summed E-state index contributed by atoms with van der Waals surface area (Å²) in [6.45, 7) is 4.43. The molecule has 0 aromatic carbocycles. The molecule has 0 aliphatic heterocycles. The van der Waals surface area contributed by atoms with E-state index >= 15 is 0 Å². The fraction of sp³-hybridized carbons (Fsp3) is 1.00. The Morgan fingerprint density at radius 1 is 1.36 bits per heavy atom. The number of hydrogen-bond donors (Lipinski definition) is 2. The Hall–Kier alpha value is -0.0800. The maximum absolute atomic E-state index is 9.47. The van der Waals surface area contributed by atoms with Crippen LogP contribution in [0.15, 0.2) is 0 Å². The van der Waals surface area contributed by atoms with Crippen molar-refractivity contribution in [3.63, 3.8) is 0 Å². The van der Waals surface area contributed by atoms with E-state index in [0.29, 0.717) is 11.8 Å². The molecule has 1 fully saturated rings. The van der Waals surface area contributed by atoms with Gasteiger partial charge in [-0.2, -0.15) is 0 Å². The molecule has 3 N–H and O–H groups in total. The standard InChI is InChI=1S/C9H19NO/c1-6(2)7-3-4-8(10)9(11)5-7/h6-9,11H,3-5,10H2,1-2H3/t7-,8-,9+/m0/s1. The Morgan fingerprint density at radius 3 is 2.45 bits per heavy atom. The summed E-state index contributed by atoms with van der Waals surface area (Å²) < 4.78 is 0. The molecular formula is C9H19NO. The Morgan fingerprint density at radius 2 is 2.00 bits per heavy atom. The van der Waals surface area contributed by atoms with Crippen LogP contribution in [0, 0.1) is 11.8 Å². The summed E-state index contributed by atoms with van der Waals surface area (Å²) in [5, 5.41) is 9.47. The fourth-order valence-corrected chi connectivity index (χ4v) is 1.81. The number of nitrogens with two attached hydrogens (primary N) is 1. The zero-order valence-corrected chi connectivity index (χ0v) is 7.46. The monoisotopic (exact) mass is 157 g/mol. The first-order valence-electron chi connectivity index (χ1n) is 4.55. The first-order valence-corrected chi connectivity index (χ1v) is 4.55. The molecule has 0 aromatic heterocycles. The summed E-state index contributed by atoms with van der Waals surface area (Å²) in [5.41, 5.74) is 5.69. The molecule has 0 bridgehead atoms. The molecule has 1 rings (SSSR count). The third-order valence-corrected chi connectivity index (χ3v) is 2.85. The molecule has 2 heteroatoms. The lowest BCUT2D eigenvalue weighted by Crippen LogP contribution is -2.41. The van der Waals surface area contributed by atoms with Crippen molar-refractivity contribution in [3.8, 4) is 0 Å². The van der Waals surface area contributed by atoms with Gasteiger partial charge in [-0.25, -0.2) is 0 Å². The minimum Gasteiger partial charge on any atom is -0.392 e. The van der Waals surface area contributed by atoms with Gasteiger partial charge in [0, 0.05) is 6.04 Å². The van der Waals surface area contributed by atoms with Crippen molar-refractivity contribution in [2.24, 2.45) is 17.6 Å². The van der Waals surface area contributed by atoms with Crippen LogP contribution < -0.4 is 5.73 Å². The van der Waals surface area contributed by atoms with Gasteiger partial charge in [-0.1, -0.05) is 13.8 Å². The topological polar surface area (TPSA) is 46.2 Å². The first-order chi connectivity index (χ1) is 5.11. The van der Waals surface area contributed by atoms with E-state index in [1.54, 1.807) is 0 Å². The highest BCUT2D eigenvalue weighted by atomic mass is 16.3. The van der Waals surface area contributed by atoms with Crippen LogP contribution in [0.4, 0.5) is 0 Å². The lowest BCUT2D eigenvalue weighted by molar-refractivity contribution is 0.0671. The smallest absolute Gasteiger partial charge is 0.0693 e. The minimum atomic E-state index is -0.254. The molecule has 11 heavy (non-hydrogen) atoms. The molecule has 2 nitrogen and oxygen atoms in total. The van der Waals surface area contributed by atoms with E-state index in [1.165, 1.54) is 6.42 Å². The van der Waals surface area contributed by atoms with Gasteiger partial charge in [0.05, 0.1) is 6.10 Å². The van der Waals surface area contributed by atoms with Crippen LogP contribution >= 0.6 is 0 Å². The van der Waals surface area contributed by atoms with E-state index in [9.17, 15) is 5.11 Å². The molecule has 0 unspecified atom stereocenters. The van der Waals surface area contributed by atoms with Crippen molar-refractivity contribution in [3.05, 3.63) is 0 Å². The summed E-state index contributed by atoms with van der Waals surface area (Å²) in [7, 11) is 0. The summed E-state index contributed by atoms with van der Waals surface area (Å²) >= 11 is 0. The molecule has 0 amide bonds. The maximum Gasteiger partial charge on any atom is 0.0693 e. The molecular weight excluding hydrogens is 138 g/mol. The highest BCUT2D eigenvalue weighted by Crippen LogP contribution is 2.29. The summed E-state index contributed by atoms with van der Waals surface area (Å²) in [6, 6.07) is 0.0324. The fourth-order valence-electron chi connectivity index (χ4n) is 1.81. The molecule has 1 aliphatic rings. The van der Waals surface area contributed by atoms with Gasteiger partial charge in [0.2, 0.25) is 0 Å². The summed E-state index contributed by atoms with van der Waals surface area (Å²) in [5.74, 6) is 1.38. The predicted octanol–water partition coefficient (Wildman–Crippen LogP) is 1.13. The molecule has 0 saturated heterocycles. The van der Waals surface area contributed by atoms with E-state index < -0.39 is 0 Å². The second kappa shape index (κ2) is 3.55. The van der Waals surface area contributed by atoms with Gasteiger partial charge in [-0.15, -0.1) is 0 Å². The molecule has 1 saturated carbocycles. The Labute approximate surface area is 68.8 Å². The molecule has 0 heterocycles. The molecule has 66 valence electrons. The van der Waals surface area contributed by atoms with Crippen LogP contribution in [0.1, 0.15) is 33.1 Å². The van der Waals surface area contributed by atoms with E-state index in [2.05, 4.69) is 13.8 Å². The van der Waals surface area contributed by atoms with Crippen molar-refractivity contribution >= 4 is 0 Å². The average molecular weight is 157 g/mol. The Bertz CT molecular complexity index is 125. The van der Waals surface area contributed by atoms with Gasteiger partial charge in [0.1, 0.15) is 0 Å². The van der Waals surface area contributed by atoms with Crippen LogP contribution in [0.3, 0.4) is 0 Å². The normalized spacial score (nSPS) is 39.5. The minimum absolute atomic E-state index is 0.0324. The van der Waals surface area contributed by atoms with Crippen LogP contribution in [-0.4, -0.2) is 17.3 Å². The van der Waals surface area contributed by atoms with Gasteiger partial charge in [-0.3, -0.25) is 0 Å². The predicted molar refractivity (Wildman–Crippen MR) is 46.2 cm³/mol. The van der Waals surface area contributed by atoms with Gasteiger partial charge in [0.25, 0.3) is 0 Å². The molecule has 0 radical (unpaired) electrons. The number of aliphatic hydroxyl groups is 1. The Kier molecular flexibility index (Phi) is 2.90. The van der Waals surface area contributed by atoms with Crippen molar-refractivity contribution in [2.75, 3.05) is 0 Å². The van der Waals surface area contributed by atoms with Crippen molar-refractivity contribution in [1.29, 1.82) is 0 Å². The van der Waals surface area contributed by atoms with E-state index in [4.69, 9.17) is 5.73 Å². The van der Waals surface area contributed by atoms with Gasteiger partial charge in [0.15, 0.2) is 0 Å². The van der Waals surface area contributed by atoms with Crippen molar-refractivity contribution in [2.45, 2.75) is 45.3 Å². The summed E-state index contributed by atoms with van der Waals surface area (Å²) in [6.07, 6.45) is 2.83. The molecule has 3 atom stereocenters. The quantitative estimate of drug-likeness (QED) is 0.599. The van der Waals surface area contributed by atoms with Crippen LogP contribution in [0.5, 0.6) is 0 Å². The van der Waals surface area contributed by atoms with Gasteiger partial charge in [-0.05, 0) is 31.1 Å². The average Bonchev–Trinajstić information content (AvgIpc) is 1.94. The van der Waals surface area contributed by atoms with Crippen molar-refractivity contribution < 1.29 is 5.11 Å². The maximum atomic E-state index is 9.47. The highest BCUT2D eigenvalue weighted by molar-refractivity contribution is 4.82. The van der Waals surface area contributed by atoms with E-state index in [0.717, 1.165) is 12.8 Å². The SMILES string of the molecule is CC(C)[C@H]1CC[C@H](N)[C@H](O)C1. The number of rotatable bonds is 1. The van der Waals surface area contributed by atoms with E-state index in [1.807, 2.05) is 0 Å². The highest BCUT2D eigenvalue weighted by Gasteiger charge is 2.27. The zero-order valence-electron chi connectivity index (χ0n) is 7.46. The third kappa shape index (κ3) is 2.17. The largest absolute Gasteiger partial charge is 0.392 e. The number of hydrogen-bond acceptors (Lipinski definition) is 2. The van der Waals surface area contributed by atoms with Gasteiger partial charge >= 0.3 is 0 Å². The number of aliphatic hydroxyl groups excluding tert-OH is 1. The second-order valence-corrected chi connectivity index (χ2v) is 4.05. The lowest BCUT2D eigenvalue weighted by Gasteiger charge is -2.32. The van der Waals surface area contributed by atoms with E-state index in [-0.39, 0.29) is 12.1 Å². The zero-order chi connectivity index (χ0) is 8.43. The van der Waals surface area contributed by atoms with Crippen LogP contribution in [0.2, 0.25) is 0 Å². The van der Waals surface area contributed by atoms with Crippen LogP contribution in [-0.2, 0) is 0 Å². The molecule has 0 spiro atoms.